The minimum absolute atomic E-state index is 0.0769. The highest BCUT2D eigenvalue weighted by Gasteiger charge is 2.33. The van der Waals surface area contributed by atoms with Crippen LogP contribution in [-0.4, -0.2) is 41.9 Å². The van der Waals surface area contributed by atoms with Crippen LogP contribution >= 0.6 is 0 Å². The second-order valence-electron chi connectivity index (χ2n) is 9.35. The first-order valence-corrected chi connectivity index (χ1v) is 12.9. The third-order valence-electron chi connectivity index (χ3n) is 6.60. The quantitative estimate of drug-likeness (QED) is 0.143. The number of nitrogen functional groups attached to an aromatic ring is 1. The van der Waals surface area contributed by atoms with Crippen LogP contribution in [0.25, 0.3) is 0 Å². The van der Waals surface area contributed by atoms with E-state index in [1.165, 1.54) is 19.1 Å². The van der Waals surface area contributed by atoms with E-state index in [-0.39, 0.29) is 5.84 Å². The van der Waals surface area contributed by atoms with Crippen LogP contribution in [0.2, 0.25) is 0 Å². The van der Waals surface area contributed by atoms with Gasteiger partial charge < -0.3 is 30.5 Å². The number of hydrogen-bond acceptors (Lipinski definition) is 6. The molecule has 5 N–H and O–H groups in total. The van der Waals surface area contributed by atoms with Crippen molar-refractivity contribution in [3.05, 3.63) is 125 Å². The van der Waals surface area contributed by atoms with Crippen molar-refractivity contribution in [2.45, 2.75) is 18.7 Å². The molecule has 0 bridgehead atoms. The van der Waals surface area contributed by atoms with Crippen LogP contribution in [0.1, 0.15) is 34.3 Å². The number of carboxylic acids is 1. The Morgan fingerprint density at radius 2 is 1.54 bits per heavy atom. The second kappa shape index (κ2) is 13.2. The van der Waals surface area contributed by atoms with E-state index in [4.69, 9.17) is 20.6 Å². The Morgan fingerprint density at radius 1 is 0.902 bits per heavy atom. The van der Waals surface area contributed by atoms with Crippen LogP contribution in [0.4, 0.5) is 5.69 Å². The number of rotatable bonds is 12. The summed E-state index contributed by atoms with van der Waals surface area (Å²) in [6, 6.07) is 28.0. The van der Waals surface area contributed by atoms with Crippen LogP contribution in [0.3, 0.4) is 0 Å². The van der Waals surface area contributed by atoms with Crippen molar-refractivity contribution in [3.8, 4) is 11.5 Å². The van der Waals surface area contributed by atoms with Gasteiger partial charge in [0.05, 0.1) is 7.11 Å². The molecule has 0 unspecified atom stereocenters. The molecule has 41 heavy (non-hydrogen) atoms. The molecule has 0 spiro atoms. The summed E-state index contributed by atoms with van der Waals surface area (Å²) >= 11 is 0. The molecule has 4 rings (SSSR count). The van der Waals surface area contributed by atoms with Crippen LogP contribution in [0.15, 0.2) is 103 Å². The van der Waals surface area contributed by atoms with Crippen LogP contribution < -0.4 is 20.5 Å². The van der Waals surface area contributed by atoms with Crippen molar-refractivity contribution in [2.24, 2.45) is 5.73 Å². The second-order valence-corrected chi connectivity index (χ2v) is 9.35. The monoisotopic (exact) mass is 552 g/mol. The van der Waals surface area contributed by atoms with Gasteiger partial charge in [-0.15, -0.1) is 0 Å². The number of amides is 1. The summed E-state index contributed by atoms with van der Waals surface area (Å²) in [5.74, 6) is -0.786. The van der Waals surface area contributed by atoms with Crippen LogP contribution in [-0.2, 0) is 16.2 Å². The van der Waals surface area contributed by atoms with Crippen LogP contribution in [0, 0.1) is 5.41 Å². The lowest BCUT2D eigenvalue weighted by atomic mass is 10.0. The first kappa shape index (κ1) is 28.7. The van der Waals surface area contributed by atoms with Gasteiger partial charge in [0.2, 0.25) is 5.91 Å². The fourth-order valence-electron chi connectivity index (χ4n) is 4.42. The van der Waals surface area contributed by atoms with Crippen molar-refractivity contribution in [2.75, 3.05) is 19.5 Å². The fourth-order valence-corrected chi connectivity index (χ4v) is 4.42. The molecule has 0 aliphatic carbocycles. The van der Waals surface area contributed by atoms with Crippen molar-refractivity contribution in [1.82, 2.24) is 4.90 Å². The van der Waals surface area contributed by atoms with Gasteiger partial charge in [-0.2, -0.15) is 0 Å². The molecule has 0 aliphatic heterocycles. The largest absolute Gasteiger partial charge is 0.493 e. The maximum atomic E-state index is 14.0. The number of anilines is 1. The van der Waals surface area contributed by atoms with Gasteiger partial charge >= 0.3 is 5.97 Å². The maximum Gasteiger partial charge on any atom is 0.331 e. The summed E-state index contributed by atoms with van der Waals surface area (Å²) in [7, 11) is 2.98. The number of nitrogens with two attached hydrogens (primary N) is 1. The molecule has 1 amide bonds. The zero-order valence-electron chi connectivity index (χ0n) is 22.8. The summed E-state index contributed by atoms with van der Waals surface area (Å²) in [5, 5.41) is 20.9. The number of hydrogen-bond donors (Lipinski definition) is 4. The number of likely N-dealkylation sites (N-methyl/N-ethyl adjacent to an activating group) is 1. The van der Waals surface area contributed by atoms with Gasteiger partial charge in [-0.3, -0.25) is 10.2 Å². The third kappa shape index (κ3) is 7.02. The highest BCUT2D eigenvalue weighted by atomic mass is 16.5. The average molecular weight is 553 g/mol. The summed E-state index contributed by atoms with van der Waals surface area (Å²) in [4.78, 5) is 27.5. The third-order valence-corrected chi connectivity index (χ3v) is 6.60. The number of carbonyl (C=O) groups is 2. The molecule has 210 valence electrons. The molecular weight excluding hydrogens is 520 g/mol. The Bertz CT molecular complexity index is 1490. The lowest BCUT2D eigenvalue weighted by Crippen LogP contribution is -2.40. The number of nitrogens with zero attached hydrogens (tertiary/aromatic N) is 1. The average Bonchev–Trinajstić information content (AvgIpc) is 2.99. The Labute approximate surface area is 238 Å². The van der Waals surface area contributed by atoms with Gasteiger partial charge in [0.15, 0.2) is 17.5 Å². The standard InChI is InChI=1S/C32H32N4O5/c1-36(29(32(38)39)22-11-7-4-8-12-22)31(37)28(35-25-16-13-23(14-17-25)30(33)34)24-15-18-26(27(19-24)40-2)41-20-21-9-5-3-6-10-21/h3-19,28-29,35H,20H2,1-2H3,(H3,33,34)(H,38,39)/t28-,29-/m0/s1. The van der Waals surface area contributed by atoms with Gasteiger partial charge in [-0.1, -0.05) is 66.7 Å². The number of benzene rings is 4. The van der Waals surface area contributed by atoms with E-state index in [0.717, 1.165) is 5.56 Å². The van der Waals surface area contributed by atoms with E-state index in [1.807, 2.05) is 30.3 Å². The zero-order chi connectivity index (χ0) is 29.4. The number of carbonyl (C=O) groups excluding carboxylic acids is 1. The normalized spacial score (nSPS) is 12.0. The molecule has 0 saturated carbocycles. The molecule has 0 heterocycles. The van der Waals surface area contributed by atoms with Crippen molar-refractivity contribution in [1.29, 1.82) is 5.41 Å². The molecule has 0 fully saturated rings. The number of nitrogens with one attached hydrogen (secondary N) is 2. The van der Waals surface area contributed by atoms with E-state index in [2.05, 4.69) is 5.32 Å². The molecule has 9 nitrogen and oxygen atoms in total. The molecular formula is C32H32N4O5. The Hall–Kier alpha value is -5.31. The van der Waals surface area contributed by atoms with Gasteiger partial charge in [-0.25, -0.2) is 4.79 Å². The minimum atomic E-state index is -1.21. The van der Waals surface area contributed by atoms with Crippen molar-refractivity contribution < 1.29 is 24.2 Å². The fraction of sp³-hybridized carbons (Fsp3) is 0.156. The molecule has 0 aromatic heterocycles. The number of methoxy groups -OCH3 is 1. The van der Waals surface area contributed by atoms with Crippen molar-refractivity contribution >= 4 is 23.4 Å². The van der Waals surface area contributed by atoms with Gasteiger partial charge in [0.1, 0.15) is 18.5 Å². The first-order chi connectivity index (χ1) is 19.8. The highest BCUT2D eigenvalue weighted by molar-refractivity contribution is 5.95. The molecule has 4 aromatic rings. The van der Waals surface area contributed by atoms with E-state index >= 15 is 0 Å². The summed E-state index contributed by atoms with van der Waals surface area (Å²) in [5.41, 5.74) is 8.71. The minimum Gasteiger partial charge on any atom is -0.493 e. The van der Waals surface area contributed by atoms with E-state index in [0.29, 0.717) is 40.5 Å². The molecule has 2 atom stereocenters. The summed E-state index contributed by atoms with van der Waals surface area (Å²) < 4.78 is 11.6. The predicted molar refractivity (Wildman–Crippen MR) is 157 cm³/mol. The van der Waals surface area contributed by atoms with Crippen molar-refractivity contribution in [3.63, 3.8) is 0 Å². The zero-order valence-corrected chi connectivity index (χ0v) is 22.8. The number of carboxylic acid groups (broad SMARTS) is 1. The Balaban J connectivity index is 1.68. The van der Waals surface area contributed by atoms with E-state index in [9.17, 15) is 14.7 Å². The van der Waals surface area contributed by atoms with Crippen LogP contribution in [0.5, 0.6) is 11.5 Å². The lowest BCUT2D eigenvalue weighted by Gasteiger charge is -2.30. The predicted octanol–water partition coefficient (Wildman–Crippen LogP) is 5.00. The molecule has 4 aromatic carbocycles. The summed E-state index contributed by atoms with van der Waals surface area (Å²) in [6.45, 7) is 0.333. The molecule has 9 heteroatoms. The maximum absolute atomic E-state index is 14.0. The molecule has 0 radical (unpaired) electrons. The number of aliphatic carboxylic acids is 1. The lowest BCUT2D eigenvalue weighted by molar-refractivity contribution is -0.149. The first-order valence-electron chi connectivity index (χ1n) is 12.9. The van der Waals surface area contributed by atoms with Gasteiger partial charge in [0.25, 0.3) is 0 Å². The Kier molecular flexibility index (Phi) is 9.21. The molecule has 0 saturated heterocycles. The van der Waals surface area contributed by atoms with E-state index < -0.39 is 24.0 Å². The van der Waals surface area contributed by atoms with E-state index in [1.54, 1.807) is 72.8 Å². The summed E-state index contributed by atoms with van der Waals surface area (Å²) in [6.07, 6.45) is 0. The molecule has 0 aliphatic rings. The van der Waals surface area contributed by atoms with Gasteiger partial charge in [0, 0.05) is 18.3 Å². The SMILES string of the molecule is COc1cc([C@H](Nc2ccc(C(=N)N)cc2)C(=O)N(C)[C@H](C(=O)O)c2ccccc2)ccc1OCc1ccccc1. The smallest absolute Gasteiger partial charge is 0.331 e. The number of ether oxygens (including phenoxy) is 2. The van der Waals surface area contributed by atoms with Gasteiger partial charge in [-0.05, 0) is 53.1 Å². The highest BCUT2D eigenvalue weighted by Crippen LogP contribution is 2.34. The Morgan fingerprint density at radius 3 is 2.12 bits per heavy atom. The topological polar surface area (TPSA) is 138 Å². The number of amidine groups is 1.